The van der Waals surface area contributed by atoms with E-state index in [1.165, 1.54) is 11.8 Å². The number of aryl methyl sites for hydroxylation is 1. The number of nitrogens with one attached hydrogen (secondary N) is 1. The minimum Gasteiger partial charge on any atom is -0.481 e. The van der Waals surface area contributed by atoms with E-state index in [0.717, 1.165) is 21.5 Å². The standard InChI is InChI=1S/C32H41N5O7S/c1-32(2,3)44-31(41)37(16-20-6-11-26-30(34-20)35-27(40)18-45-26)24-10-8-22(43-25(24)15-21(39)17-38)7-5-19-13-14-33-23-9-12-28(42-4)36-29(19)23/h6,9,11-14,21-22,24-25,38-39H,5,7-8,10,15-18H2,1-4H3,(H,34,35,40)/t21?,22-,24-,25-/m1/s1. The molecule has 13 heteroatoms. The molecule has 0 radical (unpaired) electrons. The van der Waals surface area contributed by atoms with Crippen LogP contribution in [0.15, 0.2) is 41.4 Å². The second-order valence-electron chi connectivity index (χ2n) is 12.3. The fourth-order valence-electron chi connectivity index (χ4n) is 5.67. The smallest absolute Gasteiger partial charge is 0.410 e. The Balaban J connectivity index is 1.36. The molecule has 45 heavy (non-hydrogen) atoms. The summed E-state index contributed by atoms with van der Waals surface area (Å²) in [5.41, 5.74) is 2.42. The lowest BCUT2D eigenvalue weighted by atomic mass is 9.91. The first-order valence-corrected chi connectivity index (χ1v) is 16.2. The molecular formula is C32H41N5O7S. The molecule has 5 rings (SSSR count). The summed E-state index contributed by atoms with van der Waals surface area (Å²) in [5.74, 6) is 1.19. The summed E-state index contributed by atoms with van der Waals surface area (Å²) in [4.78, 5) is 41.8. The Labute approximate surface area is 266 Å². The molecule has 3 aromatic heterocycles. The highest BCUT2D eigenvalue weighted by Gasteiger charge is 2.40. The van der Waals surface area contributed by atoms with Gasteiger partial charge in [-0.05, 0) is 76.3 Å². The van der Waals surface area contributed by atoms with E-state index in [0.29, 0.717) is 48.8 Å². The SMILES string of the molecule is COc1ccc2nccc(CC[C@@H]3CC[C@@H](N(Cc4ccc5c(n4)NC(=O)CS5)C(=O)OC(C)(C)C)[C@@H](CC(O)CO)O3)c2n1. The van der Waals surface area contributed by atoms with Crippen molar-refractivity contribution in [2.24, 2.45) is 0 Å². The molecule has 4 atom stereocenters. The van der Waals surface area contributed by atoms with Crippen LogP contribution in [0.2, 0.25) is 0 Å². The second kappa shape index (κ2) is 14.3. The molecule has 242 valence electrons. The highest BCUT2D eigenvalue weighted by Crippen LogP contribution is 2.33. The summed E-state index contributed by atoms with van der Waals surface area (Å²) in [6.45, 7) is 5.11. The van der Waals surface area contributed by atoms with Gasteiger partial charge in [-0.1, -0.05) is 0 Å². The molecule has 2 aliphatic rings. The van der Waals surface area contributed by atoms with Crippen molar-refractivity contribution in [3.63, 3.8) is 0 Å². The molecule has 0 saturated carbocycles. The molecule has 0 spiro atoms. The van der Waals surface area contributed by atoms with Crippen molar-refractivity contribution in [1.29, 1.82) is 0 Å². The summed E-state index contributed by atoms with van der Waals surface area (Å²) in [5, 5.41) is 23.0. The maximum Gasteiger partial charge on any atom is 0.410 e. The number of carbonyl (C=O) groups excluding carboxylic acids is 2. The number of ether oxygens (including phenoxy) is 3. The van der Waals surface area contributed by atoms with E-state index in [4.69, 9.17) is 14.2 Å². The van der Waals surface area contributed by atoms with Gasteiger partial charge in [0.2, 0.25) is 11.8 Å². The quantitative estimate of drug-likeness (QED) is 0.293. The highest BCUT2D eigenvalue weighted by atomic mass is 32.2. The predicted octanol–water partition coefficient (Wildman–Crippen LogP) is 4.11. The van der Waals surface area contributed by atoms with Gasteiger partial charge in [-0.2, -0.15) is 0 Å². The molecule has 2 amide bonds. The average molecular weight is 640 g/mol. The number of carbonyl (C=O) groups is 2. The number of amides is 2. The molecule has 0 aromatic carbocycles. The number of pyridine rings is 3. The summed E-state index contributed by atoms with van der Waals surface area (Å²) < 4.78 is 17.7. The van der Waals surface area contributed by atoms with Gasteiger partial charge in [0.1, 0.15) is 11.4 Å². The van der Waals surface area contributed by atoms with Crippen LogP contribution in [0.4, 0.5) is 10.6 Å². The number of hydrogen-bond donors (Lipinski definition) is 3. The zero-order valence-electron chi connectivity index (χ0n) is 26.1. The molecule has 2 aliphatic heterocycles. The maximum absolute atomic E-state index is 13.7. The van der Waals surface area contributed by atoms with Crippen molar-refractivity contribution in [3.05, 3.63) is 47.8 Å². The van der Waals surface area contributed by atoms with E-state index in [1.54, 1.807) is 45.0 Å². The normalized spacial score (nSPS) is 20.7. The van der Waals surface area contributed by atoms with Gasteiger partial charge in [-0.3, -0.25) is 14.7 Å². The second-order valence-corrected chi connectivity index (χ2v) is 13.4. The van der Waals surface area contributed by atoms with Gasteiger partial charge in [0.25, 0.3) is 0 Å². The van der Waals surface area contributed by atoms with Gasteiger partial charge in [-0.25, -0.2) is 14.8 Å². The Hall–Kier alpha value is -3.52. The monoisotopic (exact) mass is 639 g/mol. The van der Waals surface area contributed by atoms with Crippen molar-refractivity contribution in [2.45, 2.75) is 94.3 Å². The molecule has 1 fully saturated rings. The molecule has 3 aromatic rings. The lowest BCUT2D eigenvalue weighted by molar-refractivity contribution is -0.118. The number of aromatic nitrogens is 3. The van der Waals surface area contributed by atoms with Gasteiger partial charge < -0.3 is 29.7 Å². The van der Waals surface area contributed by atoms with Crippen LogP contribution in [0.25, 0.3) is 11.0 Å². The molecule has 3 N–H and O–H groups in total. The number of hydrogen-bond acceptors (Lipinski definition) is 11. The van der Waals surface area contributed by atoms with Crippen LogP contribution in [-0.2, 0) is 27.2 Å². The van der Waals surface area contributed by atoms with Crippen LogP contribution < -0.4 is 10.1 Å². The van der Waals surface area contributed by atoms with Crippen molar-refractivity contribution >= 4 is 40.6 Å². The topological polar surface area (TPSA) is 156 Å². The first kappa shape index (κ1) is 32.9. The third-order valence-corrected chi connectivity index (χ3v) is 8.82. The molecular weight excluding hydrogens is 598 g/mol. The highest BCUT2D eigenvalue weighted by molar-refractivity contribution is 8.00. The van der Waals surface area contributed by atoms with Crippen molar-refractivity contribution in [3.8, 4) is 5.88 Å². The lowest BCUT2D eigenvalue weighted by Crippen LogP contribution is -2.53. The van der Waals surface area contributed by atoms with Gasteiger partial charge >= 0.3 is 6.09 Å². The first-order valence-electron chi connectivity index (χ1n) is 15.2. The van der Waals surface area contributed by atoms with Crippen LogP contribution in [-0.4, -0.2) is 91.5 Å². The number of anilines is 1. The van der Waals surface area contributed by atoms with Crippen LogP contribution in [0.1, 0.15) is 57.7 Å². The zero-order valence-corrected chi connectivity index (χ0v) is 26.9. The van der Waals surface area contributed by atoms with Crippen molar-refractivity contribution in [1.82, 2.24) is 19.9 Å². The van der Waals surface area contributed by atoms with E-state index in [9.17, 15) is 19.8 Å². The maximum atomic E-state index is 13.7. The summed E-state index contributed by atoms with van der Waals surface area (Å²) >= 11 is 1.42. The van der Waals surface area contributed by atoms with Crippen LogP contribution in [0.5, 0.6) is 5.88 Å². The van der Waals surface area contributed by atoms with E-state index in [1.807, 2.05) is 24.3 Å². The molecule has 0 aliphatic carbocycles. The van der Waals surface area contributed by atoms with Crippen molar-refractivity contribution < 1.29 is 34.0 Å². The Bertz CT molecular complexity index is 1520. The number of thioether (sulfide) groups is 1. The zero-order chi connectivity index (χ0) is 32.1. The summed E-state index contributed by atoms with van der Waals surface area (Å²) in [7, 11) is 1.58. The van der Waals surface area contributed by atoms with E-state index >= 15 is 0 Å². The lowest BCUT2D eigenvalue weighted by Gasteiger charge is -2.43. The van der Waals surface area contributed by atoms with Gasteiger partial charge in [0, 0.05) is 18.7 Å². The minimum atomic E-state index is -1.02. The Morgan fingerprint density at radius 3 is 2.78 bits per heavy atom. The predicted molar refractivity (Wildman–Crippen MR) is 169 cm³/mol. The van der Waals surface area contributed by atoms with Crippen LogP contribution in [0, 0.1) is 0 Å². The van der Waals surface area contributed by atoms with E-state index < -0.39 is 36.6 Å². The number of rotatable bonds is 10. The van der Waals surface area contributed by atoms with Crippen LogP contribution >= 0.6 is 11.8 Å². The Kier molecular flexibility index (Phi) is 10.4. The van der Waals surface area contributed by atoms with Gasteiger partial charge in [0.15, 0.2) is 0 Å². The molecule has 5 heterocycles. The number of fused-ring (bicyclic) bond motifs is 2. The number of aliphatic hydroxyl groups excluding tert-OH is 2. The fraction of sp³-hybridized carbons (Fsp3) is 0.531. The summed E-state index contributed by atoms with van der Waals surface area (Å²) in [6, 6.07) is 8.89. The first-order chi connectivity index (χ1) is 21.5. The van der Waals surface area contributed by atoms with Crippen molar-refractivity contribution in [2.75, 3.05) is 24.8 Å². The summed E-state index contributed by atoms with van der Waals surface area (Å²) in [6.07, 6.45) is 2.26. The molecule has 12 nitrogen and oxygen atoms in total. The fourth-order valence-corrected chi connectivity index (χ4v) is 6.43. The number of nitrogens with zero attached hydrogens (tertiary/aromatic N) is 4. The third kappa shape index (κ3) is 8.40. The molecule has 1 saturated heterocycles. The third-order valence-electron chi connectivity index (χ3n) is 7.78. The van der Waals surface area contributed by atoms with E-state index in [2.05, 4.69) is 20.3 Å². The molecule has 0 bridgehead atoms. The Morgan fingerprint density at radius 2 is 2.02 bits per heavy atom. The largest absolute Gasteiger partial charge is 0.481 e. The van der Waals surface area contributed by atoms with Gasteiger partial charge in [-0.15, -0.1) is 11.8 Å². The Morgan fingerprint density at radius 1 is 1.20 bits per heavy atom. The van der Waals surface area contributed by atoms with E-state index in [-0.39, 0.29) is 25.0 Å². The minimum absolute atomic E-state index is 0.115. The number of aliphatic hydroxyl groups is 2. The van der Waals surface area contributed by atoms with Crippen LogP contribution in [0.3, 0.4) is 0 Å². The number of methoxy groups -OCH3 is 1. The molecule has 1 unspecified atom stereocenters. The average Bonchev–Trinajstić information content (AvgIpc) is 3.01. The van der Waals surface area contributed by atoms with Gasteiger partial charge in [0.05, 0.1) is 72.0 Å².